The number of hydrogen-bond acceptors (Lipinski definition) is 2. The van der Waals surface area contributed by atoms with Crippen LogP contribution in [-0.2, 0) is 11.2 Å². The predicted molar refractivity (Wildman–Crippen MR) is 79.3 cm³/mol. The number of carbonyl (C=O) groups is 1. The largest absolute Gasteiger partial charge is 0.385 e. The van der Waals surface area contributed by atoms with Crippen LogP contribution in [0.15, 0.2) is 48.5 Å². The quantitative estimate of drug-likeness (QED) is 0.875. The maximum Gasteiger partial charge on any atom is 0.221 e. The summed E-state index contributed by atoms with van der Waals surface area (Å²) >= 11 is 0. The molecule has 0 aliphatic carbocycles. The van der Waals surface area contributed by atoms with Crippen molar-refractivity contribution in [3.8, 4) is 0 Å². The van der Waals surface area contributed by atoms with Crippen molar-refractivity contribution in [3.63, 3.8) is 0 Å². The molecule has 1 amide bonds. The topological polar surface area (TPSA) is 41.1 Å². The molecular formula is C16H17FN2O. The molecule has 4 heteroatoms. The highest BCUT2D eigenvalue weighted by atomic mass is 19.1. The van der Waals surface area contributed by atoms with Gasteiger partial charge in [-0.1, -0.05) is 18.2 Å². The van der Waals surface area contributed by atoms with Gasteiger partial charge in [-0.3, -0.25) is 4.79 Å². The van der Waals surface area contributed by atoms with Gasteiger partial charge in [0.05, 0.1) is 0 Å². The van der Waals surface area contributed by atoms with E-state index in [2.05, 4.69) is 10.6 Å². The Morgan fingerprint density at radius 1 is 1.05 bits per heavy atom. The standard InChI is InChI=1S/C16H17FN2O/c1-12(20)19-15-8-6-14(7-9-15)18-11-10-13-4-2-3-5-16(13)17/h2-9,18H,10-11H2,1H3,(H,19,20). The first kappa shape index (κ1) is 14.1. The number of benzene rings is 2. The van der Waals surface area contributed by atoms with E-state index in [9.17, 15) is 9.18 Å². The highest BCUT2D eigenvalue weighted by molar-refractivity contribution is 5.88. The van der Waals surface area contributed by atoms with E-state index in [1.807, 2.05) is 30.3 Å². The zero-order valence-corrected chi connectivity index (χ0v) is 11.3. The first-order valence-corrected chi connectivity index (χ1v) is 6.50. The van der Waals surface area contributed by atoms with Crippen molar-refractivity contribution in [2.24, 2.45) is 0 Å². The molecule has 0 bridgehead atoms. The second kappa shape index (κ2) is 6.70. The van der Waals surface area contributed by atoms with Crippen molar-refractivity contribution in [1.29, 1.82) is 0 Å². The van der Waals surface area contributed by atoms with Gasteiger partial charge in [-0.25, -0.2) is 4.39 Å². The minimum Gasteiger partial charge on any atom is -0.385 e. The highest BCUT2D eigenvalue weighted by Crippen LogP contribution is 2.14. The summed E-state index contributed by atoms with van der Waals surface area (Å²) in [5.41, 5.74) is 2.41. The molecule has 2 aromatic rings. The van der Waals surface area contributed by atoms with Gasteiger partial charge in [-0.05, 0) is 42.3 Å². The molecule has 2 rings (SSSR count). The van der Waals surface area contributed by atoms with E-state index in [4.69, 9.17) is 0 Å². The fourth-order valence-electron chi connectivity index (χ4n) is 1.92. The molecule has 3 nitrogen and oxygen atoms in total. The SMILES string of the molecule is CC(=O)Nc1ccc(NCCc2ccccc2F)cc1. The second-order valence-corrected chi connectivity index (χ2v) is 4.53. The average Bonchev–Trinajstić information content (AvgIpc) is 2.42. The fraction of sp³-hybridized carbons (Fsp3) is 0.188. The second-order valence-electron chi connectivity index (χ2n) is 4.53. The zero-order chi connectivity index (χ0) is 14.4. The van der Waals surface area contributed by atoms with Crippen LogP contribution >= 0.6 is 0 Å². The molecule has 20 heavy (non-hydrogen) atoms. The minimum absolute atomic E-state index is 0.0924. The monoisotopic (exact) mass is 272 g/mol. The molecule has 0 unspecified atom stereocenters. The number of hydrogen-bond donors (Lipinski definition) is 2. The Kier molecular flexibility index (Phi) is 4.71. The summed E-state index contributed by atoms with van der Waals surface area (Å²) in [5, 5.41) is 5.93. The van der Waals surface area contributed by atoms with Crippen LogP contribution in [0, 0.1) is 5.82 Å². The molecule has 0 atom stereocenters. The summed E-state index contributed by atoms with van der Waals surface area (Å²) in [5.74, 6) is -0.263. The van der Waals surface area contributed by atoms with Gasteiger partial charge < -0.3 is 10.6 Å². The van der Waals surface area contributed by atoms with Crippen LogP contribution in [0.25, 0.3) is 0 Å². The molecule has 104 valence electrons. The molecule has 0 fully saturated rings. The van der Waals surface area contributed by atoms with E-state index in [1.54, 1.807) is 12.1 Å². The zero-order valence-electron chi connectivity index (χ0n) is 11.3. The van der Waals surface area contributed by atoms with Gasteiger partial charge in [-0.2, -0.15) is 0 Å². The molecule has 0 radical (unpaired) electrons. The molecule has 0 aliphatic heterocycles. The summed E-state index contributed by atoms with van der Waals surface area (Å²) in [7, 11) is 0. The lowest BCUT2D eigenvalue weighted by Crippen LogP contribution is -2.07. The predicted octanol–water partition coefficient (Wildman–Crippen LogP) is 3.44. The Bertz CT molecular complexity index is 581. The molecule has 0 saturated carbocycles. The molecule has 2 aromatic carbocycles. The maximum absolute atomic E-state index is 13.4. The first-order valence-electron chi connectivity index (χ1n) is 6.50. The summed E-state index contributed by atoms with van der Waals surface area (Å²) in [4.78, 5) is 10.9. The Balaban J connectivity index is 1.85. The van der Waals surface area contributed by atoms with Gasteiger partial charge in [-0.15, -0.1) is 0 Å². The van der Waals surface area contributed by atoms with Crippen molar-refractivity contribution >= 4 is 17.3 Å². The third-order valence-electron chi connectivity index (χ3n) is 2.89. The Hall–Kier alpha value is -2.36. The minimum atomic E-state index is -0.171. The number of amides is 1. The lowest BCUT2D eigenvalue weighted by atomic mass is 10.1. The van der Waals surface area contributed by atoms with Crippen LogP contribution in [0.1, 0.15) is 12.5 Å². The average molecular weight is 272 g/mol. The van der Waals surface area contributed by atoms with Gasteiger partial charge >= 0.3 is 0 Å². The number of carbonyl (C=O) groups excluding carboxylic acids is 1. The molecule has 0 heterocycles. The van der Waals surface area contributed by atoms with E-state index in [-0.39, 0.29) is 11.7 Å². The van der Waals surface area contributed by atoms with Crippen LogP contribution in [0.2, 0.25) is 0 Å². The van der Waals surface area contributed by atoms with Crippen molar-refractivity contribution < 1.29 is 9.18 Å². The number of nitrogens with one attached hydrogen (secondary N) is 2. The van der Waals surface area contributed by atoms with Crippen molar-refractivity contribution in [3.05, 3.63) is 59.9 Å². The third-order valence-corrected chi connectivity index (χ3v) is 2.89. The fourth-order valence-corrected chi connectivity index (χ4v) is 1.92. The van der Waals surface area contributed by atoms with Crippen molar-refractivity contribution in [1.82, 2.24) is 0 Å². The lowest BCUT2D eigenvalue weighted by molar-refractivity contribution is -0.114. The Labute approximate surface area is 117 Å². The molecule has 0 aliphatic rings. The van der Waals surface area contributed by atoms with Crippen LogP contribution < -0.4 is 10.6 Å². The van der Waals surface area contributed by atoms with Gasteiger partial charge in [0.15, 0.2) is 0 Å². The Morgan fingerprint density at radius 2 is 1.70 bits per heavy atom. The highest BCUT2D eigenvalue weighted by Gasteiger charge is 2.00. The molecule has 2 N–H and O–H groups in total. The summed E-state index contributed by atoms with van der Waals surface area (Å²) in [6, 6.07) is 14.2. The van der Waals surface area contributed by atoms with Gasteiger partial charge in [0.1, 0.15) is 5.82 Å². The first-order chi connectivity index (χ1) is 9.65. The van der Waals surface area contributed by atoms with Crippen LogP contribution in [0.4, 0.5) is 15.8 Å². The van der Waals surface area contributed by atoms with Gasteiger partial charge in [0.2, 0.25) is 5.91 Å². The Morgan fingerprint density at radius 3 is 2.35 bits per heavy atom. The van der Waals surface area contributed by atoms with Crippen LogP contribution in [0.5, 0.6) is 0 Å². The van der Waals surface area contributed by atoms with Gasteiger partial charge in [0.25, 0.3) is 0 Å². The van der Waals surface area contributed by atoms with E-state index in [0.717, 1.165) is 11.4 Å². The molecule has 0 saturated heterocycles. The van der Waals surface area contributed by atoms with Crippen molar-refractivity contribution in [2.75, 3.05) is 17.2 Å². The smallest absolute Gasteiger partial charge is 0.221 e. The van der Waals surface area contributed by atoms with E-state index in [0.29, 0.717) is 18.5 Å². The maximum atomic E-state index is 13.4. The number of halogens is 1. The van der Waals surface area contributed by atoms with Crippen LogP contribution in [-0.4, -0.2) is 12.5 Å². The van der Waals surface area contributed by atoms with E-state index >= 15 is 0 Å². The van der Waals surface area contributed by atoms with Crippen LogP contribution in [0.3, 0.4) is 0 Å². The summed E-state index contributed by atoms with van der Waals surface area (Å²) in [6.45, 7) is 2.13. The third kappa shape index (κ3) is 4.09. The van der Waals surface area contributed by atoms with E-state index in [1.165, 1.54) is 13.0 Å². The van der Waals surface area contributed by atoms with Gasteiger partial charge in [0, 0.05) is 24.8 Å². The number of rotatable bonds is 5. The summed E-state index contributed by atoms with van der Waals surface area (Å²) in [6.07, 6.45) is 0.625. The normalized spacial score (nSPS) is 10.1. The lowest BCUT2D eigenvalue weighted by Gasteiger charge is -2.08. The van der Waals surface area contributed by atoms with Crippen molar-refractivity contribution in [2.45, 2.75) is 13.3 Å². The molecule has 0 aromatic heterocycles. The van der Waals surface area contributed by atoms with E-state index < -0.39 is 0 Å². The summed E-state index contributed by atoms with van der Waals surface area (Å²) < 4.78 is 13.4. The molecular weight excluding hydrogens is 255 g/mol. The molecule has 0 spiro atoms. The number of anilines is 2.